The first-order valence-electron chi connectivity index (χ1n) is 7.26. The molecule has 0 bridgehead atoms. The average Bonchev–Trinajstić information content (AvgIpc) is 2.27. The number of hydrogen-bond acceptors (Lipinski definition) is 4. The van der Waals surface area contributed by atoms with Crippen molar-refractivity contribution in [1.82, 2.24) is 18.7 Å². The summed E-state index contributed by atoms with van der Waals surface area (Å²) in [6.07, 6.45) is 0. The minimum atomic E-state index is -1.44. The van der Waals surface area contributed by atoms with E-state index >= 15 is 0 Å². The second kappa shape index (κ2) is 5.86. The maximum absolute atomic E-state index is 4.11. The van der Waals surface area contributed by atoms with Gasteiger partial charge in [-0.2, -0.15) is 0 Å². The molecule has 0 saturated carbocycles. The molecule has 1 saturated heterocycles. The van der Waals surface area contributed by atoms with Crippen molar-refractivity contribution >= 4 is 18.2 Å². The van der Waals surface area contributed by atoms with Gasteiger partial charge in [-0.1, -0.05) is 11.4 Å². The normalized spacial score (nSPS) is 28.6. The Morgan fingerprint density at radius 1 is 0.700 bits per heavy atom. The summed E-state index contributed by atoms with van der Waals surface area (Å²) in [5.41, 5.74) is 4.53. The third kappa shape index (κ3) is 3.15. The van der Waals surface area contributed by atoms with E-state index in [0.29, 0.717) is 0 Å². The standard InChI is InChI=1S/C14H32N4Si2/c1-11-19-15(9)18(14(6,7)8)20(12-2)16(10)17(19)13(3,4)5/h11-12,19-20H,1-2H2,3-10H3. The molecule has 4 nitrogen and oxygen atoms in total. The van der Waals surface area contributed by atoms with E-state index < -0.39 is 18.2 Å². The van der Waals surface area contributed by atoms with Gasteiger partial charge in [-0.25, -0.2) is 9.35 Å². The van der Waals surface area contributed by atoms with Crippen molar-refractivity contribution in [3.8, 4) is 0 Å². The van der Waals surface area contributed by atoms with Gasteiger partial charge in [0.2, 0.25) is 18.2 Å². The predicted molar refractivity (Wildman–Crippen MR) is 93.4 cm³/mol. The second-order valence-corrected chi connectivity index (χ2v) is 12.5. The lowest BCUT2D eigenvalue weighted by atomic mass is 10.1. The fourth-order valence-corrected chi connectivity index (χ4v) is 10.0. The summed E-state index contributed by atoms with van der Waals surface area (Å²) in [6.45, 7) is 21.9. The van der Waals surface area contributed by atoms with E-state index in [0.717, 1.165) is 0 Å². The van der Waals surface area contributed by atoms with Gasteiger partial charge in [0.15, 0.2) is 0 Å². The van der Waals surface area contributed by atoms with Crippen LogP contribution in [-0.4, -0.2) is 62.1 Å². The third-order valence-corrected chi connectivity index (χ3v) is 10.4. The monoisotopic (exact) mass is 312 g/mol. The van der Waals surface area contributed by atoms with Gasteiger partial charge in [0.05, 0.1) is 0 Å². The molecule has 20 heavy (non-hydrogen) atoms. The third-order valence-electron chi connectivity index (χ3n) is 3.74. The Morgan fingerprint density at radius 2 is 0.950 bits per heavy atom. The van der Waals surface area contributed by atoms with Crippen LogP contribution >= 0.6 is 0 Å². The number of rotatable bonds is 2. The molecule has 0 aromatic carbocycles. The maximum atomic E-state index is 4.11. The van der Waals surface area contributed by atoms with Gasteiger partial charge in [-0.3, -0.25) is 9.35 Å². The SMILES string of the molecule is C=C[SiH]1N(C)N(C(C)(C)C)[SiH](C=C)N(C)N1C(C)(C)C. The van der Waals surface area contributed by atoms with Crippen LogP contribution in [0.1, 0.15) is 41.5 Å². The highest BCUT2D eigenvalue weighted by Crippen LogP contribution is 2.30. The van der Waals surface area contributed by atoms with E-state index in [2.05, 4.69) is 98.9 Å². The molecule has 116 valence electrons. The summed E-state index contributed by atoms with van der Waals surface area (Å²) in [7, 11) is 1.57. The molecule has 0 amide bonds. The molecule has 0 radical (unpaired) electrons. The molecule has 0 aliphatic carbocycles. The Bertz CT molecular complexity index is 336. The van der Waals surface area contributed by atoms with Crippen molar-refractivity contribution in [2.24, 2.45) is 0 Å². The molecule has 0 aromatic rings. The van der Waals surface area contributed by atoms with Gasteiger partial charge >= 0.3 is 0 Å². The lowest BCUT2D eigenvalue weighted by Crippen LogP contribution is -2.80. The lowest BCUT2D eigenvalue weighted by molar-refractivity contribution is -0.0288. The quantitative estimate of drug-likeness (QED) is 0.721. The fourth-order valence-electron chi connectivity index (χ4n) is 3.19. The van der Waals surface area contributed by atoms with E-state index in [1.54, 1.807) is 0 Å². The van der Waals surface area contributed by atoms with Crippen LogP contribution in [0.15, 0.2) is 24.6 Å². The number of hydrogen-bond donors (Lipinski definition) is 0. The van der Waals surface area contributed by atoms with Crippen molar-refractivity contribution in [2.75, 3.05) is 14.1 Å². The van der Waals surface area contributed by atoms with E-state index in [4.69, 9.17) is 0 Å². The first kappa shape index (κ1) is 17.8. The highest BCUT2D eigenvalue weighted by molar-refractivity contribution is 6.66. The van der Waals surface area contributed by atoms with Gasteiger partial charge in [-0.15, -0.1) is 13.2 Å². The van der Waals surface area contributed by atoms with Gasteiger partial charge in [0, 0.05) is 11.1 Å². The summed E-state index contributed by atoms with van der Waals surface area (Å²) in [5, 5.41) is 0. The summed E-state index contributed by atoms with van der Waals surface area (Å²) >= 11 is 0. The van der Waals surface area contributed by atoms with Crippen molar-refractivity contribution in [2.45, 2.75) is 52.6 Å². The van der Waals surface area contributed by atoms with Crippen LogP contribution in [-0.2, 0) is 0 Å². The fraction of sp³-hybridized carbons (Fsp3) is 0.714. The molecule has 0 N–H and O–H groups in total. The molecule has 2 unspecified atom stereocenters. The van der Waals surface area contributed by atoms with Crippen LogP contribution in [0.2, 0.25) is 0 Å². The molecule has 1 rings (SSSR count). The summed E-state index contributed by atoms with van der Waals surface area (Å²) in [5.74, 6) is 0. The van der Waals surface area contributed by atoms with Gasteiger partial charge < -0.3 is 0 Å². The molecule has 6 heteroatoms. The highest BCUT2D eigenvalue weighted by atomic mass is 28.3. The Hall–Kier alpha value is -0.246. The molecule has 2 atom stereocenters. The molecular formula is C14H32N4Si2. The molecular weight excluding hydrogens is 280 g/mol. The topological polar surface area (TPSA) is 13.0 Å². The van der Waals surface area contributed by atoms with Crippen LogP contribution < -0.4 is 0 Å². The van der Waals surface area contributed by atoms with Gasteiger partial charge in [0.1, 0.15) is 0 Å². The predicted octanol–water partition coefficient (Wildman–Crippen LogP) is 1.79. The maximum Gasteiger partial charge on any atom is 0.241 e. The molecule has 0 spiro atoms. The van der Waals surface area contributed by atoms with E-state index in [9.17, 15) is 0 Å². The zero-order valence-electron chi connectivity index (χ0n) is 14.5. The number of nitrogens with zero attached hydrogens (tertiary/aromatic N) is 4. The highest BCUT2D eigenvalue weighted by Gasteiger charge is 2.48. The van der Waals surface area contributed by atoms with Crippen molar-refractivity contribution < 1.29 is 0 Å². The lowest BCUT2D eigenvalue weighted by Gasteiger charge is -2.61. The van der Waals surface area contributed by atoms with E-state index in [1.807, 2.05) is 0 Å². The van der Waals surface area contributed by atoms with Crippen LogP contribution in [0.5, 0.6) is 0 Å². The smallest absolute Gasteiger partial charge is 0.241 e. The molecule has 1 fully saturated rings. The summed E-state index contributed by atoms with van der Waals surface area (Å²) in [4.78, 5) is 0. The Balaban J connectivity index is 3.33. The zero-order chi connectivity index (χ0) is 15.9. The Morgan fingerprint density at radius 3 is 1.10 bits per heavy atom. The average molecular weight is 313 g/mol. The molecule has 0 aromatic heterocycles. The molecule has 1 aliphatic heterocycles. The molecule has 1 heterocycles. The first-order valence-corrected chi connectivity index (χ1v) is 10.7. The van der Waals surface area contributed by atoms with Gasteiger partial charge in [-0.05, 0) is 55.6 Å². The molecule has 1 aliphatic rings. The minimum absolute atomic E-state index is 0.103. The van der Waals surface area contributed by atoms with Gasteiger partial charge in [0.25, 0.3) is 0 Å². The minimum Gasteiger partial charge on any atom is -0.254 e. The van der Waals surface area contributed by atoms with Crippen LogP contribution in [0.3, 0.4) is 0 Å². The van der Waals surface area contributed by atoms with Crippen molar-refractivity contribution in [3.05, 3.63) is 24.6 Å². The van der Waals surface area contributed by atoms with Crippen molar-refractivity contribution in [1.29, 1.82) is 0 Å². The first-order chi connectivity index (χ1) is 8.96. The summed E-state index contributed by atoms with van der Waals surface area (Å²) < 4.78 is 10.1. The Kier molecular flexibility index (Phi) is 5.22. The zero-order valence-corrected chi connectivity index (χ0v) is 16.8. The second-order valence-electron chi connectivity index (χ2n) is 7.48. The van der Waals surface area contributed by atoms with Crippen LogP contribution in [0.4, 0.5) is 0 Å². The van der Waals surface area contributed by atoms with Crippen LogP contribution in [0.25, 0.3) is 0 Å². The van der Waals surface area contributed by atoms with E-state index in [-0.39, 0.29) is 11.1 Å². The van der Waals surface area contributed by atoms with E-state index in [1.165, 1.54) is 0 Å². The largest absolute Gasteiger partial charge is 0.254 e. The Labute approximate surface area is 128 Å². The number of hydrazine groups is 2. The van der Waals surface area contributed by atoms with Crippen LogP contribution in [0, 0.1) is 0 Å². The summed E-state index contributed by atoms with van der Waals surface area (Å²) in [6, 6.07) is 0. The van der Waals surface area contributed by atoms with Crippen molar-refractivity contribution in [3.63, 3.8) is 0 Å².